The molecule has 0 saturated carbocycles. The molecule has 0 aromatic heterocycles. The van der Waals surface area contributed by atoms with Gasteiger partial charge in [0.05, 0.1) is 12.7 Å². The van der Waals surface area contributed by atoms with Crippen LogP contribution in [0.25, 0.3) is 0 Å². The fourth-order valence-electron chi connectivity index (χ4n) is 1.96. The van der Waals surface area contributed by atoms with Crippen LogP contribution in [-0.2, 0) is 11.3 Å². The SMILES string of the molecule is COC(=O)c1ccccc1CNc1cc(F)ccc1C. The quantitative estimate of drug-likeness (QED) is 0.866. The third-order valence-corrected chi connectivity index (χ3v) is 3.09. The first-order valence-electron chi connectivity index (χ1n) is 6.28. The van der Waals surface area contributed by atoms with Crippen LogP contribution in [0.5, 0.6) is 0 Å². The number of carbonyl (C=O) groups is 1. The summed E-state index contributed by atoms with van der Waals surface area (Å²) in [6, 6.07) is 11.8. The fourth-order valence-corrected chi connectivity index (χ4v) is 1.96. The molecular weight excluding hydrogens is 257 g/mol. The average molecular weight is 273 g/mol. The molecule has 0 fully saturated rings. The lowest BCUT2D eigenvalue weighted by molar-refractivity contribution is 0.0599. The molecule has 0 bridgehead atoms. The number of hydrogen-bond acceptors (Lipinski definition) is 3. The first kappa shape index (κ1) is 14.1. The second-order valence-corrected chi connectivity index (χ2v) is 4.46. The van der Waals surface area contributed by atoms with Gasteiger partial charge in [0, 0.05) is 12.2 Å². The zero-order valence-corrected chi connectivity index (χ0v) is 11.4. The highest BCUT2D eigenvalue weighted by atomic mass is 19.1. The second-order valence-electron chi connectivity index (χ2n) is 4.46. The highest BCUT2D eigenvalue weighted by Gasteiger charge is 2.10. The van der Waals surface area contributed by atoms with E-state index in [4.69, 9.17) is 4.74 Å². The van der Waals surface area contributed by atoms with Crippen LogP contribution in [0, 0.1) is 12.7 Å². The molecule has 0 saturated heterocycles. The highest BCUT2D eigenvalue weighted by Crippen LogP contribution is 2.18. The molecule has 0 atom stereocenters. The maximum absolute atomic E-state index is 13.2. The van der Waals surface area contributed by atoms with E-state index in [2.05, 4.69) is 5.32 Å². The zero-order chi connectivity index (χ0) is 14.5. The molecule has 4 heteroatoms. The van der Waals surface area contributed by atoms with Crippen molar-refractivity contribution in [2.24, 2.45) is 0 Å². The number of aryl methyl sites for hydroxylation is 1. The van der Waals surface area contributed by atoms with E-state index in [1.807, 2.05) is 19.1 Å². The van der Waals surface area contributed by atoms with Crippen LogP contribution >= 0.6 is 0 Å². The van der Waals surface area contributed by atoms with Gasteiger partial charge >= 0.3 is 5.97 Å². The summed E-state index contributed by atoms with van der Waals surface area (Å²) in [5.74, 6) is -0.669. The van der Waals surface area contributed by atoms with Gasteiger partial charge in [0.1, 0.15) is 5.82 Å². The molecule has 0 aliphatic carbocycles. The predicted molar refractivity (Wildman–Crippen MR) is 76.2 cm³/mol. The minimum Gasteiger partial charge on any atom is -0.465 e. The van der Waals surface area contributed by atoms with E-state index in [1.165, 1.54) is 19.2 Å². The first-order chi connectivity index (χ1) is 9.61. The Labute approximate surface area is 117 Å². The monoisotopic (exact) mass is 273 g/mol. The van der Waals surface area contributed by atoms with E-state index >= 15 is 0 Å². The van der Waals surface area contributed by atoms with Crippen molar-refractivity contribution in [2.45, 2.75) is 13.5 Å². The summed E-state index contributed by atoms with van der Waals surface area (Å²) in [6.45, 7) is 2.32. The molecule has 3 nitrogen and oxygen atoms in total. The Bertz CT molecular complexity index is 626. The maximum atomic E-state index is 13.2. The lowest BCUT2D eigenvalue weighted by Gasteiger charge is -2.12. The minimum atomic E-state index is -0.377. The van der Waals surface area contributed by atoms with E-state index in [9.17, 15) is 9.18 Å². The molecule has 0 aliphatic heterocycles. The van der Waals surface area contributed by atoms with Gasteiger partial charge in [0.25, 0.3) is 0 Å². The predicted octanol–water partition coefficient (Wildman–Crippen LogP) is 3.53. The van der Waals surface area contributed by atoms with Crippen molar-refractivity contribution >= 4 is 11.7 Å². The van der Waals surface area contributed by atoms with Gasteiger partial charge in [-0.1, -0.05) is 24.3 Å². The number of benzene rings is 2. The van der Waals surface area contributed by atoms with Crippen LogP contribution in [-0.4, -0.2) is 13.1 Å². The average Bonchev–Trinajstić information content (AvgIpc) is 2.47. The van der Waals surface area contributed by atoms with Gasteiger partial charge in [-0.2, -0.15) is 0 Å². The number of carbonyl (C=O) groups excluding carboxylic acids is 1. The fraction of sp³-hybridized carbons (Fsp3) is 0.188. The van der Waals surface area contributed by atoms with E-state index in [-0.39, 0.29) is 11.8 Å². The molecular formula is C16H16FNO2. The van der Waals surface area contributed by atoms with Crippen molar-refractivity contribution in [3.63, 3.8) is 0 Å². The number of anilines is 1. The molecule has 1 N–H and O–H groups in total. The van der Waals surface area contributed by atoms with Gasteiger partial charge < -0.3 is 10.1 Å². The number of hydrogen-bond donors (Lipinski definition) is 1. The van der Waals surface area contributed by atoms with Gasteiger partial charge in [0.15, 0.2) is 0 Å². The topological polar surface area (TPSA) is 38.3 Å². The number of nitrogens with one attached hydrogen (secondary N) is 1. The Kier molecular flexibility index (Phi) is 4.35. The van der Waals surface area contributed by atoms with Gasteiger partial charge in [-0.25, -0.2) is 9.18 Å². The Hall–Kier alpha value is -2.36. The van der Waals surface area contributed by atoms with E-state index in [0.29, 0.717) is 17.8 Å². The van der Waals surface area contributed by atoms with Crippen molar-refractivity contribution in [3.05, 3.63) is 65.0 Å². The largest absolute Gasteiger partial charge is 0.465 e. The van der Waals surface area contributed by atoms with Gasteiger partial charge in [-0.15, -0.1) is 0 Å². The van der Waals surface area contributed by atoms with Crippen molar-refractivity contribution in [2.75, 3.05) is 12.4 Å². The molecule has 0 unspecified atom stereocenters. The summed E-state index contributed by atoms with van der Waals surface area (Å²) in [5.41, 5.74) is 2.98. The van der Waals surface area contributed by atoms with Crippen LogP contribution in [0.15, 0.2) is 42.5 Å². The summed E-state index contributed by atoms with van der Waals surface area (Å²) in [5, 5.41) is 3.14. The zero-order valence-electron chi connectivity index (χ0n) is 11.4. The summed E-state index contributed by atoms with van der Waals surface area (Å²) < 4.78 is 18.0. The molecule has 2 aromatic carbocycles. The molecule has 20 heavy (non-hydrogen) atoms. The molecule has 0 radical (unpaired) electrons. The number of halogens is 1. The van der Waals surface area contributed by atoms with Gasteiger partial charge in [0.2, 0.25) is 0 Å². The Morgan fingerprint density at radius 3 is 2.75 bits per heavy atom. The molecule has 2 rings (SSSR count). The summed E-state index contributed by atoms with van der Waals surface area (Å²) >= 11 is 0. The molecule has 2 aromatic rings. The molecule has 104 valence electrons. The second kappa shape index (κ2) is 6.19. The van der Waals surface area contributed by atoms with Crippen LogP contribution in [0.3, 0.4) is 0 Å². The van der Waals surface area contributed by atoms with Crippen molar-refractivity contribution in [3.8, 4) is 0 Å². The lowest BCUT2D eigenvalue weighted by atomic mass is 10.1. The Balaban J connectivity index is 2.19. The van der Waals surface area contributed by atoms with E-state index in [0.717, 1.165) is 11.1 Å². The van der Waals surface area contributed by atoms with Crippen LogP contribution in [0.2, 0.25) is 0 Å². The molecule has 0 heterocycles. The standard InChI is InChI=1S/C16H16FNO2/c1-11-7-8-13(17)9-15(11)18-10-12-5-3-4-6-14(12)16(19)20-2/h3-9,18H,10H2,1-2H3. The van der Waals surface area contributed by atoms with Crippen molar-refractivity contribution in [1.82, 2.24) is 0 Å². The number of rotatable bonds is 4. The van der Waals surface area contributed by atoms with E-state index in [1.54, 1.807) is 18.2 Å². The summed E-state index contributed by atoms with van der Waals surface area (Å²) in [4.78, 5) is 11.7. The normalized spacial score (nSPS) is 10.2. The molecule has 0 spiro atoms. The first-order valence-corrected chi connectivity index (χ1v) is 6.28. The van der Waals surface area contributed by atoms with Gasteiger partial charge in [-0.05, 0) is 36.2 Å². The van der Waals surface area contributed by atoms with Crippen LogP contribution in [0.4, 0.5) is 10.1 Å². The number of esters is 1. The van der Waals surface area contributed by atoms with Crippen LogP contribution < -0.4 is 5.32 Å². The number of ether oxygens (including phenoxy) is 1. The Morgan fingerprint density at radius 1 is 1.25 bits per heavy atom. The molecule has 0 aliphatic rings. The van der Waals surface area contributed by atoms with Crippen molar-refractivity contribution < 1.29 is 13.9 Å². The van der Waals surface area contributed by atoms with Gasteiger partial charge in [-0.3, -0.25) is 0 Å². The molecule has 0 amide bonds. The smallest absolute Gasteiger partial charge is 0.338 e. The lowest BCUT2D eigenvalue weighted by Crippen LogP contribution is -2.09. The van der Waals surface area contributed by atoms with Crippen LogP contribution in [0.1, 0.15) is 21.5 Å². The maximum Gasteiger partial charge on any atom is 0.338 e. The summed E-state index contributed by atoms with van der Waals surface area (Å²) in [6.07, 6.45) is 0. The Morgan fingerprint density at radius 2 is 2.00 bits per heavy atom. The third kappa shape index (κ3) is 3.15. The van der Waals surface area contributed by atoms with E-state index < -0.39 is 0 Å². The van der Waals surface area contributed by atoms with Crippen molar-refractivity contribution in [1.29, 1.82) is 0 Å². The highest BCUT2D eigenvalue weighted by molar-refractivity contribution is 5.91. The third-order valence-electron chi connectivity index (χ3n) is 3.09. The summed E-state index contributed by atoms with van der Waals surface area (Å²) in [7, 11) is 1.35. The minimum absolute atomic E-state index is 0.292. The number of methoxy groups -OCH3 is 1.